The van der Waals surface area contributed by atoms with Gasteiger partial charge in [-0.2, -0.15) is 4.98 Å². The summed E-state index contributed by atoms with van der Waals surface area (Å²) in [6.45, 7) is 4.37. The number of rotatable bonds is 7. The van der Waals surface area contributed by atoms with Gasteiger partial charge in [-0.05, 0) is 31.9 Å². The highest BCUT2D eigenvalue weighted by Crippen LogP contribution is 2.24. The maximum atomic E-state index is 9.23. The summed E-state index contributed by atoms with van der Waals surface area (Å²) in [4.78, 5) is 8.62. The Morgan fingerprint density at radius 3 is 2.81 bits per heavy atom. The Hall–Kier alpha value is -1.88. The molecule has 0 amide bonds. The first-order chi connectivity index (χ1) is 10.1. The summed E-state index contributed by atoms with van der Waals surface area (Å²) in [5.74, 6) is 1.03. The molecule has 0 aliphatic rings. The third-order valence-electron chi connectivity index (χ3n) is 3.59. The van der Waals surface area contributed by atoms with Gasteiger partial charge in [-0.1, -0.05) is 31.4 Å². The Balaban J connectivity index is 2.32. The predicted molar refractivity (Wildman–Crippen MR) is 87.3 cm³/mol. The molecule has 114 valence electrons. The van der Waals surface area contributed by atoms with Gasteiger partial charge in [0.05, 0.1) is 5.52 Å². The zero-order chi connectivity index (χ0) is 15.2. The number of aliphatic hydroxyl groups excluding tert-OH is 1. The first kappa shape index (κ1) is 15.5. The molecule has 2 aromatic rings. The maximum absolute atomic E-state index is 9.23. The summed E-state index contributed by atoms with van der Waals surface area (Å²) in [5.41, 5.74) is 7.80. The van der Waals surface area contributed by atoms with Crippen LogP contribution >= 0.6 is 0 Å². The molecular formula is C16H24N4O. The van der Waals surface area contributed by atoms with E-state index in [0.29, 0.717) is 6.42 Å². The number of aryl methyl sites for hydroxylation is 1. The van der Waals surface area contributed by atoms with Crippen molar-refractivity contribution in [1.82, 2.24) is 9.97 Å². The van der Waals surface area contributed by atoms with Crippen molar-refractivity contribution in [3.63, 3.8) is 0 Å². The maximum Gasteiger partial charge on any atom is 0.222 e. The number of hydrogen-bond acceptors (Lipinski definition) is 5. The smallest absolute Gasteiger partial charge is 0.222 e. The average Bonchev–Trinajstić information content (AvgIpc) is 2.45. The molecule has 0 fully saturated rings. The molecule has 0 aliphatic carbocycles. The summed E-state index contributed by atoms with van der Waals surface area (Å²) in [6, 6.07) is 6.24. The number of nitrogens with one attached hydrogen (secondary N) is 1. The van der Waals surface area contributed by atoms with Gasteiger partial charge >= 0.3 is 0 Å². The van der Waals surface area contributed by atoms with E-state index in [1.54, 1.807) is 0 Å². The van der Waals surface area contributed by atoms with E-state index in [0.717, 1.165) is 41.5 Å². The third kappa shape index (κ3) is 4.04. The van der Waals surface area contributed by atoms with Gasteiger partial charge in [0.25, 0.3) is 0 Å². The van der Waals surface area contributed by atoms with Crippen molar-refractivity contribution < 1.29 is 5.11 Å². The highest BCUT2D eigenvalue weighted by atomic mass is 16.3. The summed E-state index contributed by atoms with van der Waals surface area (Å²) < 4.78 is 0. The molecule has 0 spiro atoms. The van der Waals surface area contributed by atoms with Gasteiger partial charge in [0, 0.05) is 18.0 Å². The van der Waals surface area contributed by atoms with Crippen molar-refractivity contribution in [3.8, 4) is 0 Å². The molecule has 1 atom stereocenters. The summed E-state index contributed by atoms with van der Waals surface area (Å²) in [6.07, 6.45) is 3.97. The van der Waals surface area contributed by atoms with E-state index < -0.39 is 0 Å². The number of nitrogen functional groups attached to an aromatic ring is 1. The summed E-state index contributed by atoms with van der Waals surface area (Å²) >= 11 is 0. The fourth-order valence-corrected chi connectivity index (χ4v) is 2.46. The van der Waals surface area contributed by atoms with Crippen LogP contribution in [0.25, 0.3) is 10.9 Å². The van der Waals surface area contributed by atoms with Crippen LogP contribution in [0.15, 0.2) is 18.2 Å². The lowest BCUT2D eigenvalue weighted by Crippen LogP contribution is -2.22. The summed E-state index contributed by atoms with van der Waals surface area (Å²) in [5, 5.41) is 13.6. The fraction of sp³-hybridized carbons (Fsp3) is 0.500. The molecule has 4 N–H and O–H groups in total. The van der Waals surface area contributed by atoms with Crippen molar-refractivity contribution in [2.75, 3.05) is 17.7 Å². The fourth-order valence-electron chi connectivity index (χ4n) is 2.46. The molecule has 1 heterocycles. The van der Waals surface area contributed by atoms with E-state index in [2.05, 4.69) is 28.3 Å². The van der Waals surface area contributed by atoms with Crippen molar-refractivity contribution in [2.45, 2.75) is 45.6 Å². The van der Waals surface area contributed by atoms with Gasteiger partial charge in [0.2, 0.25) is 5.95 Å². The second kappa shape index (κ2) is 7.22. The third-order valence-corrected chi connectivity index (χ3v) is 3.59. The Labute approximate surface area is 125 Å². The molecule has 21 heavy (non-hydrogen) atoms. The number of anilines is 2. The highest BCUT2D eigenvalue weighted by Gasteiger charge is 2.12. The molecule has 1 aromatic heterocycles. The first-order valence-electron chi connectivity index (χ1n) is 7.55. The highest BCUT2D eigenvalue weighted by molar-refractivity contribution is 5.90. The van der Waals surface area contributed by atoms with Gasteiger partial charge in [-0.25, -0.2) is 4.98 Å². The number of unbranched alkanes of at least 4 members (excludes halogenated alkanes) is 1. The monoisotopic (exact) mass is 288 g/mol. The average molecular weight is 288 g/mol. The van der Waals surface area contributed by atoms with Crippen LogP contribution < -0.4 is 11.1 Å². The number of nitrogens with two attached hydrogens (primary N) is 1. The van der Waals surface area contributed by atoms with Crippen LogP contribution in [0.5, 0.6) is 0 Å². The van der Waals surface area contributed by atoms with Crippen LogP contribution in [0, 0.1) is 6.92 Å². The molecule has 1 aromatic carbocycles. The van der Waals surface area contributed by atoms with E-state index in [1.165, 1.54) is 0 Å². The van der Waals surface area contributed by atoms with Gasteiger partial charge in [-0.15, -0.1) is 0 Å². The van der Waals surface area contributed by atoms with Crippen LogP contribution in [0.2, 0.25) is 0 Å². The number of hydrogen-bond donors (Lipinski definition) is 3. The lowest BCUT2D eigenvalue weighted by molar-refractivity contribution is 0.276. The lowest BCUT2D eigenvalue weighted by atomic mass is 10.1. The van der Waals surface area contributed by atoms with E-state index in [4.69, 9.17) is 5.73 Å². The second-order valence-electron chi connectivity index (χ2n) is 5.45. The molecule has 0 aliphatic heterocycles. The Morgan fingerprint density at radius 1 is 1.29 bits per heavy atom. The number of benzene rings is 1. The predicted octanol–water partition coefficient (Wildman–Crippen LogP) is 2.87. The van der Waals surface area contributed by atoms with Crippen LogP contribution in [-0.2, 0) is 0 Å². The molecule has 0 saturated heterocycles. The van der Waals surface area contributed by atoms with Gasteiger partial charge < -0.3 is 16.2 Å². The number of nitrogens with zero attached hydrogens (tertiary/aromatic N) is 2. The van der Waals surface area contributed by atoms with Crippen molar-refractivity contribution in [3.05, 3.63) is 23.8 Å². The Bertz CT molecular complexity index is 600. The molecule has 0 saturated carbocycles. The van der Waals surface area contributed by atoms with E-state index >= 15 is 0 Å². The minimum atomic E-state index is 0.166. The molecule has 5 heteroatoms. The van der Waals surface area contributed by atoms with Crippen LogP contribution in [0.4, 0.5) is 11.8 Å². The van der Waals surface area contributed by atoms with Crippen molar-refractivity contribution in [1.29, 1.82) is 0 Å². The second-order valence-corrected chi connectivity index (χ2v) is 5.45. The van der Waals surface area contributed by atoms with Crippen molar-refractivity contribution in [2.24, 2.45) is 0 Å². The summed E-state index contributed by atoms with van der Waals surface area (Å²) in [7, 11) is 0. The first-order valence-corrected chi connectivity index (χ1v) is 7.55. The van der Waals surface area contributed by atoms with Crippen LogP contribution in [-0.4, -0.2) is 27.7 Å². The Morgan fingerprint density at radius 2 is 2.10 bits per heavy atom. The van der Waals surface area contributed by atoms with Crippen LogP contribution in [0.3, 0.4) is 0 Å². The molecule has 5 nitrogen and oxygen atoms in total. The quantitative estimate of drug-likeness (QED) is 0.729. The molecule has 1 unspecified atom stereocenters. The number of fused-ring (bicyclic) bond motifs is 1. The molecule has 0 bridgehead atoms. The van der Waals surface area contributed by atoms with Crippen molar-refractivity contribution >= 4 is 22.7 Å². The van der Waals surface area contributed by atoms with Gasteiger partial charge in [0.1, 0.15) is 5.82 Å². The SMILES string of the molecule is CCCCC(CCO)Nc1nc(N)nc2ccc(C)cc12. The molecule has 0 radical (unpaired) electrons. The normalized spacial score (nSPS) is 12.5. The van der Waals surface area contributed by atoms with E-state index in [1.807, 2.05) is 19.1 Å². The minimum absolute atomic E-state index is 0.166. The topological polar surface area (TPSA) is 84.1 Å². The zero-order valence-corrected chi connectivity index (χ0v) is 12.8. The minimum Gasteiger partial charge on any atom is -0.396 e. The standard InChI is InChI=1S/C16H24N4O/c1-3-4-5-12(8-9-21)18-15-13-10-11(2)6-7-14(13)19-16(17)20-15/h6-7,10,12,21H,3-5,8-9H2,1-2H3,(H3,17,18,19,20). The van der Waals surface area contributed by atoms with Gasteiger partial charge in [-0.3, -0.25) is 0 Å². The van der Waals surface area contributed by atoms with E-state index in [-0.39, 0.29) is 18.6 Å². The molecule has 2 rings (SSSR count). The number of aliphatic hydroxyl groups is 1. The zero-order valence-electron chi connectivity index (χ0n) is 12.8. The molecular weight excluding hydrogens is 264 g/mol. The van der Waals surface area contributed by atoms with Crippen LogP contribution in [0.1, 0.15) is 38.2 Å². The Kier molecular flexibility index (Phi) is 5.33. The lowest BCUT2D eigenvalue weighted by Gasteiger charge is -2.19. The van der Waals surface area contributed by atoms with E-state index in [9.17, 15) is 5.11 Å². The van der Waals surface area contributed by atoms with Gasteiger partial charge in [0.15, 0.2) is 0 Å². The largest absolute Gasteiger partial charge is 0.396 e. The number of aromatic nitrogens is 2.